The van der Waals surface area contributed by atoms with E-state index in [0.717, 1.165) is 4.47 Å². The van der Waals surface area contributed by atoms with E-state index < -0.39 is 5.51 Å². The molecule has 0 amide bonds. The van der Waals surface area contributed by atoms with Gasteiger partial charge in [0.1, 0.15) is 0 Å². The second-order valence-corrected chi connectivity index (χ2v) is 4.06. The number of hydrogen-bond donors (Lipinski definition) is 0. The van der Waals surface area contributed by atoms with Crippen LogP contribution in [0.25, 0.3) is 0 Å². The predicted octanol–water partition coefficient (Wildman–Crippen LogP) is 4.06. The molecule has 66 valence electrons. The maximum absolute atomic E-state index is 11.8. The van der Waals surface area contributed by atoms with E-state index in [4.69, 9.17) is 0 Å². The van der Waals surface area contributed by atoms with Crippen molar-refractivity contribution < 1.29 is 13.2 Å². The number of alkyl halides is 3. The molecule has 0 bridgehead atoms. The number of hydrogen-bond acceptors (Lipinski definition) is 1. The molecule has 0 spiro atoms. The topological polar surface area (TPSA) is 0 Å². The zero-order valence-electron chi connectivity index (χ0n) is 5.73. The van der Waals surface area contributed by atoms with Gasteiger partial charge in [0.25, 0.3) is 0 Å². The Morgan fingerprint density at radius 1 is 1.08 bits per heavy atom. The van der Waals surface area contributed by atoms with E-state index in [-0.39, 0.29) is 16.7 Å². The van der Waals surface area contributed by atoms with Crippen molar-refractivity contribution in [3.63, 3.8) is 0 Å². The standard InChI is InChI=1S/C7H4BrF3S/c8-5-1-3-6(4-2-5)12-7(9,10)11/h1-4H/i9-1. The van der Waals surface area contributed by atoms with Gasteiger partial charge in [-0.05, 0) is 36.0 Å². The molecule has 5 heteroatoms. The third-order valence-electron chi connectivity index (χ3n) is 1.05. The maximum Gasteiger partial charge on any atom is 0.446 e. The van der Waals surface area contributed by atoms with E-state index in [9.17, 15) is 13.2 Å². The lowest BCUT2D eigenvalue weighted by molar-refractivity contribution is -0.0328. The van der Waals surface area contributed by atoms with Crippen LogP contribution in [-0.4, -0.2) is 5.51 Å². The molecule has 0 fully saturated rings. The molecule has 0 aliphatic carbocycles. The van der Waals surface area contributed by atoms with Crippen LogP contribution >= 0.6 is 27.7 Å². The van der Waals surface area contributed by atoms with E-state index in [1.54, 1.807) is 12.1 Å². The highest BCUT2D eigenvalue weighted by Crippen LogP contribution is 2.36. The van der Waals surface area contributed by atoms with Gasteiger partial charge in [0.2, 0.25) is 0 Å². The van der Waals surface area contributed by atoms with Gasteiger partial charge in [-0.15, -0.1) is 0 Å². The molecule has 0 radical (unpaired) electrons. The summed E-state index contributed by atoms with van der Waals surface area (Å²) in [5, 5.41) is 0. The Labute approximate surface area is 80.3 Å². The van der Waals surface area contributed by atoms with Crippen LogP contribution < -0.4 is 0 Å². The first kappa shape index (κ1) is 9.92. The van der Waals surface area contributed by atoms with Gasteiger partial charge in [-0.25, -0.2) is 0 Å². The van der Waals surface area contributed by atoms with Crippen LogP contribution in [0.15, 0.2) is 33.6 Å². The molecule has 0 unspecified atom stereocenters. The molecular weight excluding hydrogens is 252 g/mol. The molecular formula is C7H4BrF3S. The highest BCUT2D eigenvalue weighted by Gasteiger charge is 2.28. The lowest BCUT2D eigenvalue weighted by Gasteiger charge is -2.04. The van der Waals surface area contributed by atoms with E-state index >= 15 is 0 Å². The van der Waals surface area contributed by atoms with Crippen LogP contribution in [0, 0.1) is 0 Å². The number of benzene rings is 1. The van der Waals surface area contributed by atoms with Gasteiger partial charge in [-0.3, -0.25) is 0 Å². The number of thioether (sulfide) groups is 1. The third kappa shape index (κ3) is 3.49. The zero-order valence-corrected chi connectivity index (χ0v) is 8.13. The van der Waals surface area contributed by atoms with Crippen molar-refractivity contribution in [1.29, 1.82) is 0 Å². The molecule has 1 rings (SSSR count). The summed E-state index contributed by atoms with van der Waals surface area (Å²) in [5.74, 6) is 0. The van der Waals surface area contributed by atoms with E-state index in [0.29, 0.717) is 0 Å². The summed E-state index contributed by atoms with van der Waals surface area (Å²) < 4.78 is 36.2. The molecule has 1 aromatic rings. The Bertz CT molecular complexity index is 254. The normalized spacial score (nSPS) is 11.7. The zero-order chi connectivity index (χ0) is 9.19. The Hall–Kier alpha value is -0.160. The molecule has 0 aliphatic heterocycles. The molecule has 0 nitrogen and oxygen atoms in total. The van der Waals surface area contributed by atoms with Crippen LogP contribution in [-0.2, 0) is 0 Å². The molecule has 1 aromatic carbocycles. The summed E-state index contributed by atoms with van der Waals surface area (Å²) in [6.07, 6.45) is 0. The van der Waals surface area contributed by atoms with Crippen molar-refractivity contribution in [2.45, 2.75) is 10.4 Å². The highest BCUT2D eigenvalue weighted by atomic mass is 79.9. The fourth-order valence-corrected chi connectivity index (χ4v) is 1.44. The van der Waals surface area contributed by atoms with Crippen LogP contribution in [0.2, 0.25) is 0 Å². The van der Waals surface area contributed by atoms with Gasteiger partial charge in [0, 0.05) is 9.37 Å². The third-order valence-corrected chi connectivity index (χ3v) is 2.32. The smallest absolute Gasteiger partial charge is 0.160 e. The molecule has 0 saturated carbocycles. The summed E-state index contributed by atoms with van der Waals surface area (Å²) in [7, 11) is 0. The Morgan fingerprint density at radius 2 is 1.58 bits per heavy atom. The first-order chi connectivity index (χ1) is 5.47. The van der Waals surface area contributed by atoms with Gasteiger partial charge in [0.05, 0.1) is 0 Å². The van der Waals surface area contributed by atoms with Crippen LogP contribution in [0.1, 0.15) is 0 Å². The van der Waals surface area contributed by atoms with E-state index in [2.05, 4.69) is 15.9 Å². The van der Waals surface area contributed by atoms with Crippen molar-refractivity contribution in [2.75, 3.05) is 0 Å². The quantitative estimate of drug-likeness (QED) is 0.683. The molecule has 0 heterocycles. The first-order valence-corrected chi connectivity index (χ1v) is 4.60. The number of rotatable bonds is 1. The Morgan fingerprint density at radius 3 is 2.00 bits per heavy atom. The molecule has 0 N–H and O–H groups in total. The molecule has 0 atom stereocenters. The van der Waals surface area contributed by atoms with Crippen LogP contribution in [0.3, 0.4) is 0 Å². The average molecular weight is 256 g/mol. The second-order valence-electron chi connectivity index (χ2n) is 2.00. The van der Waals surface area contributed by atoms with Gasteiger partial charge in [0.15, 0.2) is 0 Å². The average Bonchev–Trinajstić information content (AvgIpc) is 1.91. The summed E-state index contributed by atoms with van der Waals surface area (Å²) in [5.41, 5.74) is -4.20. The SMILES string of the molecule is FC(F)([18F])Sc1ccc(Br)cc1. The minimum absolute atomic E-state index is 0.111. The Balaban J connectivity index is 2.71. The van der Waals surface area contributed by atoms with Gasteiger partial charge >= 0.3 is 5.51 Å². The molecule has 12 heavy (non-hydrogen) atoms. The fourth-order valence-electron chi connectivity index (χ4n) is 0.636. The lowest BCUT2D eigenvalue weighted by Crippen LogP contribution is -1.98. The summed E-state index contributed by atoms with van der Waals surface area (Å²) in [4.78, 5) is 0.200. The number of halogens is 4. The van der Waals surface area contributed by atoms with Crippen LogP contribution in [0.4, 0.5) is 13.2 Å². The molecule has 0 aliphatic rings. The van der Waals surface area contributed by atoms with Gasteiger partial charge in [-0.2, -0.15) is 13.2 Å². The monoisotopic (exact) mass is 255 g/mol. The Kier molecular flexibility index (Phi) is 3.06. The van der Waals surface area contributed by atoms with Gasteiger partial charge < -0.3 is 0 Å². The highest BCUT2D eigenvalue weighted by molar-refractivity contribution is 9.10. The summed E-state index contributed by atoms with van der Waals surface area (Å²) in [6.45, 7) is 0. The maximum atomic E-state index is 11.8. The second kappa shape index (κ2) is 3.70. The minimum atomic E-state index is -4.20. The predicted molar refractivity (Wildman–Crippen MR) is 46.1 cm³/mol. The summed E-state index contributed by atoms with van der Waals surface area (Å²) in [6, 6.07) is 5.99. The van der Waals surface area contributed by atoms with Crippen molar-refractivity contribution in [3.05, 3.63) is 28.7 Å². The molecule has 0 aromatic heterocycles. The lowest BCUT2D eigenvalue weighted by atomic mass is 10.4. The largest absolute Gasteiger partial charge is 0.446 e. The van der Waals surface area contributed by atoms with Gasteiger partial charge in [-0.1, -0.05) is 15.9 Å². The van der Waals surface area contributed by atoms with E-state index in [1.807, 2.05) is 0 Å². The molecule has 0 saturated heterocycles. The van der Waals surface area contributed by atoms with E-state index in [1.165, 1.54) is 12.1 Å². The van der Waals surface area contributed by atoms with Crippen molar-refractivity contribution >= 4 is 27.7 Å². The van der Waals surface area contributed by atoms with Crippen molar-refractivity contribution in [2.24, 2.45) is 0 Å². The summed E-state index contributed by atoms with van der Waals surface area (Å²) >= 11 is 3.02. The first-order valence-electron chi connectivity index (χ1n) is 2.99. The minimum Gasteiger partial charge on any atom is -0.160 e. The van der Waals surface area contributed by atoms with Crippen LogP contribution in [0.5, 0.6) is 0 Å². The van der Waals surface area contributed by atoms with Crippen molar-refractivity contribution in [1.82, 2.24) is 0 Å². The fraction of sp³-hybridized carbons (Fsp3) is 0.143. The van der Waals surface area contributed by atoms with Crippen molar-refractivity contribution in [3.8, 4) is 0 Å².